The molecule has 0 amide bonds. The largest absolute Gasteiger partial charge is 0.370 e. The first kappa shape index (κ1) is 30.0. The Kier molecular flexibility index (Phi) is 19.0. The predicted octanol–water partition coefficient (Wildman–Crippen LogP) is 6.47. The minimum atomic E-state index is -0.967. The second-order valence-electron chi connectivity index (χ2n) is 7.85. The average Bonchev–Trinajstić information content (AvgIpc) is 2.77. The first-order valence-electron chi connectivity index (χ1n) is 11.8. The number of rotatable bonds is 15. The zero-order valence-corrected chi connectivity index (χ0v) is 24.3. The summed E-state index contributed by atoms with van der Waals surface area (Å²) in [4.78, 5) is 15.9. The van der Waals surface area contributed by atoms with E-state index in [1.54, 1.807) is 32.6 Å². The standard InChI is InChI=1S/C11H15ClN4O2.3C4H9.Sn.H/c1-3-15(11(13-2)8-16(17)18)7-9-4-5-10(12)14-6-9;3*1-3-4-2;;/h4-6,8,13H,3,7H2,1-2H3;3*1,3-4H2,2H3;;/b11-8+;;;;;. The van der Waals surface area contributed by atoms with Crippen molar-refractivity contribution in [2.75, 3.05) is 13.6 Å². The summed E-state index contributed by atoms with van der Waals surface area (Å²) in [5, 5.41) is 13.8. The van der Waals surface area contributed by atoms with E-state index in [4.69, 9.17) is 11.6 Å². The average molecular weight is 562 g/mol. The second-order valence-corrected chi connectivity index (χ2v) is 18.1. The minimum absolute atomic E-state index is 0.427. The molecule has 0 atom stereocenters. The van der Waals surface area contributed by atoms with Crippen molar-refractivity contribution < 1.29 is 4.92 Å². The zero-order chi connectivity index (χ0) is 23.5. The SMILES string of the molecule is CCC[CH2][SnH]([CH2]CCC)[CH2]CCC.CCN(Cc1ccc(Cl)nc1)/C(=C/[N+](=O)[O-])NC. The fourth-order valence-electron chi connectivity index (χ4n) is 3.40. The molecule has 0 radical (unpaired) electrons. The second kappa shape index (κ2) is 19.6. The summed E-state index contributed by atoms with van der Waals surface area (Å²) in [5.74, 6) is 0.456. The summed E-state index contributed by atoms with van der Waals surface area (Å²) in [6, 6.07) is 3.54. The van der Waals surface area contributed by atoms with Gasteiger partial charge in [-0.05, 0) is 18.6 Å². The summed E-state index contributed by atoms with van der Waals surface area (Å²) in [6.07, 6.45) is 11.5. The molecule has 0 saturated heterocycles. The third-order valence-corrected chi connectivity index (χ3v) is 16.0. The van der Waals surface area contributed by atoms with E-state index < -0.39 is 24.7 Å². The van der Waals surface area contributed by atoms with Crippen molar-refractivity contribution >= 4 is 31.4 Å². The number of nitrogens with one attached hydrogen (secondary N) is 1. The quantitative estimate of drug-likeness (QED) is 0.115. The molecule has 0 aliphatic rings. The molecule has 0 aliphatic carbocycles. The number of nitrogens with zero attached hydrogens (tertiary/aromatic N) is 3. The van der Waals surface area contributed by atoms with Gasteiger partial charge in [0.15, 0.2) is 5.82 Å². The minimum Gasteiger partial charge on any atom is -0.370 e. The van der Waals surface area contributed by atoms with E-state index in [0.717, 1.165) is 11.8 Å². The maximum Gasteiger partial charge on any atom is 0.274 e. The summed E-state index contributed by atoms with van der Waals surface area (Å²) < 4.78 is 5.08. The summed E-state index contributed by atoms with van der Waals surface area (Å²) in [5.41, 5.74) is 0.936. The van der Waals surface area contributed by atoms with Crippen molar-refractivity contribution in [1.29, 1.82) is 0 Å². The van der Waals surface area contributed by atoms with Gasteiger partial charge in [-0.2, -0.15) is 0 Å². The fraction of sp³-hybridized carbons (Fsp3) is 0.696. The third kappa shape index (κ3) is 15.4. The monoisotopic (exact) mass is 562 g/mol. The number of halogens is 1. The van der Waals surface area contributed by atoms with Crippen LogP contribution in [0.5, 0.6) is 0 Å². The Morgan fingerprint density at radius 3 is 2.03 bits per heavy atom. The van der Waals surface area contributed by atoms with E-state index in [2.05, 4.69) is 31.1 Å². The van der Waals surface area contributed by atoms with Gasteiger partial charge in [0.25, 0.3) is 6.20 Å². The number of aromatic nitrogens is 1. The fourth-order valence-corrected chi connectivity index (χ4v) is 14.4. The Morgan fingerprint density at radius 2 is 1.68 bits per heavy atom. The van der Waals surface area contributed by atoms with E-state index in [1.807, 2.05) is 17.9 Å². The molecule has 0 bridgehead atoms. The molecule has 6 nitrogen and oxygen atoms in total. The van der Waals surface area contributed by atoms with Crippen LogP contribution < -0.4 is 5.32 Å². The molecule has 1 aromatic rings. The van der Waals surface area contributed by atoms with Crippen LogP contribution in [0.15, 0.2) is 30.4 Å². The molecule has 1 heterocycles. The van der Waals surface area contributed by atoms with Gasteiger partial charge in [0.1, 0.15) is 5.15 Å². The molecular weight excluding hydrogens is 518 g/mol. The van der Waals surface area contributed by atoms with Crippen molar-refractivity contribution in [2.45, 2.75) is 86.1 Å². The van der Waals surface area contributed by atoms with Gasteiger partial charge in [-0.1, -0.05) is 17.7 Å². The van der Waals surface area contributed by atoms with Crippen LogP contribution >= 0.6 is 11.6 Å². The molecule has 1 aromatic heterocycles. The van der Waals surface area contributed by atoms with Crippen LogP contribution in [-0.2, 0) is 6.54 Å². The number of pyridine rings is 1. The Hall–Kier alpha value is -1.02. The van der Waals surface area contributed by atoms with Gasteiger partial charge in [0.2, 0.25) is 0 Å². The molecule has 0 fully saturated rings. The molecule has 0 saturated carbocycles. The van der Waals surface area contributed by atoms with Gasteiger partial charge in [0.05, 0.1) is 4.92 Å². The van der Waals surface area contributed by atoms with Crippen molar-refractivity contribution in [3.05, 3.63) is 51.2 Å². The Balaban J connectivity index is 0.000000615. The van der Waals surface area contributed by atoms with Gasteiger partial charge in [-0.15, -0.1) is 0 Å². The van der Waals surface area contributed by atoms with Crippen molar-refractivity contribution in [1.82, 2.24) is 15.2 Å². The smallest absolute Gasteiger partial charge is 0.274 e. The van der Waals surface area contributed by atoms with Crippen molar-refractivity contribution in [2.24, 2.45) is 0 Å². The molecule has 0 spiro atoms. The Labute approximate surface area is 201 Å². The van der Waals surface area contributed by atoms with Crippen molar-refractivity contribution in [3.8, 4) is 0 Å². The molecule has 8 heteroatoms. The van der Waals surface area contributed by atoms with Crippen molar-refractivity contribution in [3.63, 3.8) is 0 Å². The van der Waals surface area contributed by atoms with E-state index in [9.17, 15) is 10.1 Å². The van der Waals surface area contributed by atoms with Gasteiger partial charge < -0.3 is 10.2 Å². The van der Waals surface area contributed by atoms with Gasteiger partial charge in [-0.3, -0.25) is 10.1 Å². The summed E-state index contributed by atoms with van der Waals surface area (Å²) >= 11 is 4.74. The maximum atomic E-state index is 10.5. The predicted molar refractivity (Wildman–Crippen MR) is 136 cm³/mol. The van der Waals surface area contributed by atoms with Crippen LogP contribution in [0.25, 0.3) is 0 Å². The zero-order valence-electron chi connectivity index (χ0n) is 20.2. The molecular formula is C23H43ClN4O2Sn. The summed E-state index contributed by atoms with van der Waals surface area (Å²) in [6.45, 7) is 10.1. The van der Waals surface area contributed by atoms with Crippen LogP contribution in [0.3, 0.4) is 0 Å². The number of unbranched alkanes of at least 4 members (excludes halogenated alkanes) is 3. The molecule has 31 heavy (non-hydrogen) atoms. The molecule has 178 valence electrons. The normalized spacial score (nSPS) is 11.1. The molecule has 0 unspecified atom stereocenters. The van der Waals surface area contributed by atoms with Crippen LogP contribution in [0, 0.1) is 10.1 Å². The van der Waals surface area contributed by atoms with Gasteiger partial charge in [-0.25, -0.2) is 4.98 Å². The molecule has 0 aromatic carbocycles. The summed E-state index contributed by atoms with van der Waals surface area (Å²) in [7, 11) is 1.65. The van der Waals surface area contributed by atoms with Crippen LogP contribution in [0.1, 0.15) is 71.8 Å². The number of hydrogen-bond donors (Lipinski definition) is 1. The molecule has 1 N–H and O–H groups in total. The Bertz CT molecular complexity index is 595. The van der Waals surface area contributed by atoms with Gasteiger partial charge >= 0.3 is 92.4 Å². The van der Waals surface area contributed by atoms with E-state index in [-0.39, 0.29) is 0 Å². The first-order valence-corrected chi connectivity index (χ1v) is 19.2. The first-order chi connectivity index (χ1) is 14.9. The van der Waals surface area contributed by atoms with E-state index >= 15 is 0 Å². The molecule has 0 aliphatic heterocycles. The van der Waals surface area contributed by atoms with E-state index in [0.29, 0.717) is 24.1 Å². The van der Waals surface area contributed by atoms with Gasteiger partial charge in [0, 0.05) is 26.3 Å². The third-order valence-electron chi connectivity index (χ3n) is 5.27. The number of nitro groups is 1. The Morgan fingerprint density at radius 1 is 1.13 bits per heavy atom. The molecule has 1 rings (SSSR count). The van der Waals surface area contributed by atoms with Crippen LogP contribution in [0.2, 0.25) is 18.5 Å². The van der Waals surface area contributed by atoms with Crippen LogP contribution in [-0.4, -0.2) is 48.2 Å². The van der Waals surface area contributed by atoms with Crippen LogP contribution in [0.4, 0.5) is 0 Å². The maximum absolute atomic E-state index is 10.5. The van der Waals surface area contributed by atoms with E-state index in [1.165, 1.54) is 38.5 Å². The topological polar surface area (TPSA) is 71.3 Å². The number of hydrogen-bond acceptors (Lipinski definition) is 5.